The molecule has 0 saturated heterocycles. The van der Waals surface area contributed by atoms with Crippen molar-refractivity contribution in [2.24, 2.45) is 0 Å². The van der Waals surface area contributed by atoms with Crippen molar-refractivity contribution >= 4 is 17.6 Å². The third-order valence-electron chi connectivity index (χ3n) is 3.27. The van der Waals surface area contributed by atoms with Crippen LogP contribution in [0, 0.1) is 5.82 Å². The van der Waals surface area contributed by atoms with E-state index in [1.165, 1.54) is 30.3 Å². The maximum atomic E-state index is 13.6. The van der Waals surface area contributed by atoms with E-state index >= 15 is 0 Å². The van der Waals surface area contributed by atoms with E-state index < -0.39 is 17.7 Å². The average molecular weight is 331 g/mol. The highest BCUT2D eigenvalue weighted by atomic mass is 19.1. The summed E-state index contributed by atoms with van der Waals surface area (Å²) in [4.78, 5) is 23.3. The summed E-state index contributed by atoms with van der Waals surface area (Å²) >= 11 is 0. The first-order valence-corrected chi connectivity index (χ1v) is 7.54. The molecule has 0 atom stereocenters. The van der Waals surface area contributed by atoms with Crippen LogP contribution in [0.25, 0.3) is 0 Å². The van der Waals surface area contributed by atoms with Gasteiger partial charge in [0.05, 0.1) is 24.3 Å². The van der Waals surface area contributed by atoms with Crippen LogP contribution in [0.2, 0.25) is 0 Å². The molecule has 2 rings (SSSR count). The maximum Gasteiger partial charge on any atom is 0.335 e. The van der Waals surface area contributed by atoms with Gasteiger partial charge >= 0.3 is 5.97 Å². The molecule has 0 bridgehead atoms. The lowest BCUT2D eigenvalue weighted by atomic mass is 10.1. The molecule has 0 aliphatic heterocycles. The largest absolute Gasteiger partial charge is 0.491 e. The number of carboxylic acid groups (broad SMARTS) is 1. The van der Waals surface area contributed by atoms with Crippen molar-refractivity contribution in [2.75, 3.05) is 11.9 Å². The minimum atomic E-state index is -1.11. The van der Waals surface area contributed by atoms with Gasteiger partial charge in [0.2, 0.25) is 5.91 Å². The molecule has 0 saturated carbocycles. The fraction of sp³-hybridized carbons (Fsp3) is 0.222. The first-order valence-electron chi connectivity index (χ1n) is 7.54. The van der Waals surface area contributed by atoms with Gasteiger partial charge in [-0.2, -0.15) is 0 Å². The number of anilines is 1. The second kappa shape index (κ2) is 8.10. The third-order valence-corrected chi connectivity index (χ3v) is 3.27. The predicted molar refractivity (Wildman–Crippen MR) is 87.9 cm³/mol. The monoisotopic (exact) mass is 331 g/mol. The molecule has 126 valence electrons. The zero-order valence-corrected chi connectivity index (χ0v) is 13.2. The Morgan fingerprint density at radius 1 is 1.21 bits per heavy atom. The van der Waals surface area contributed by atoms with Gasteiger partial charge in [-0.1, -0.05) is 25.1 Å². The summed E-state index contributed by atoms with van der Waals surface area (Å²) in [6, 6.07) is 10.2. The van der Waals surface area contributed by atoms with Gasteiger partial charge in [-0.25, -0.2) is 9.18 Å². The van der Waals surface area contributed by atoms with Gasteiger partial charge < -0.3 is 15.2 Å². The zero-order valence-electron chi connectivity index (χ0n) is 13.2. The molecule has 0 fully saturated rings. The molecule has 1 amide bonds. The molecular formula is C18H18FNO4. The van der Waals surface area contributed by atoms with Crippen LogP contribution in [0.15, 0.2) is 42.5 Å². The number of halogens is 1. The molecule has 0 heterocycles. The Bertz CT molecular complexity index is 746. The topological polar surface area (TPSA) is 75.6 Å². The number of carbonyl (C=O) groups is 2. The van der Waals surface area contributed by atoms with Crippen LogP contribution in [0.1, 0.15) is 29.3 Å². The third kappa shape index (κ3) is 4.55. The first kappa shape index (κ1) is 17.5. The molecule has 0 spiro atoms. The number of ether oxygens (including phenoxy) is 1. The van der Waals surface area contributed by atoms with Gasteiger partial charge in [-0.05, 0) is 36.2 Å². The fourth-order valence-electron chi connectivity index (χ4n) is 2.11. The summed E-state index contributed by atoms with van der Waals surface area (Å²) in [6.45, 7) is 2.37. The van der Waals surface area contributed by atoms with Crippen LogP contribution < -0.4 is 10.1 Å². The Morgan fingerprint density at radius 3 is 2.62 bits per heavy atom. The Morgan fingerprint density at radius 2 is 1.96 bits per heavy atom. The van der Waals surface area contributed by atoms with Crippen molar-refractivity contribution in [2.45, 2.75) is 19.8 Å². The van der Waals surface area contributed by atoms with Crippen molar-refractivity contribution in [3.05, 3.63) is 59.4 Å². The second-order valence-corrected chi connectivity index (χ2v) is 5.18. The average Bonchev–Trinajstić information content (AvgIpc) is 2.55. The summed E-state index contributed by atoms with van der Waals surface area (Å²) in [7, 11) is 0. The predicted octanol–water partition coefficient (Wildman–Crippen LogP) is 3.49. The number of amides is 1. The van der Waals surface area contributed by atoms with Crippen LogP contribution in [-0.2, 0) is 11.2 Å². The lowest BCUT2D eigenvalue weighted by Crippen LogP contribution is -2.16. The first-order chi connectivity index (χ1) is 11.5. The molecule has 2 N–H and O–H groups in total. The van der Waals surface area contributed by atoms with Gasteiger partial charge in [0.1, 0.15) is 11.6 Å². The number of hydrogen-bond acceptors (Lipinski definition) is 3. The molecule has 2 aromatic carbocycles. The maximum absolute atomic E-state index is 13.6. The lowest BCUT2D eigenvalue weighted by Gasteiger charge is -2.13. The quantitative estimate of drug-likeness (QED) is 0.814. The van der Waals surface area contributed by atoms with E-state index in [0.29, 0.717) is 12.4 Å². The molecule has 0 aliphatic rings. The summed E-state index contributed by atoms with van der Waals surface area (Å²) in [5.41, 5.74) is 0.546. The molecule has 6 heteroatoms. The Labute approximate surface area is 139 Å². The summed E-state index contributed by atoms with van der Waals surface area (Å²) in [5.74, 6) is -1.65. The summed E-state index contributed by atoms with van der Waals surface area (Å²) in [5, 5.41) is 11.7. The Hall–Kier alpha value is -2.89. The molecule has 0 aliphatic carbocycles. The SMILES string of the molecule is CCCOc1ccc(C(=O)O)cc1NC(=O)Cc1ccccc1F. The Balaban J connectivity index is 2.19. The highest BCUT2D eigenvalue weighted by Crippen LogP contribution is 2.26. The van der Waals surface area contributed by atoms with E-state index in [1.54, 1.807) is 12.1 Å². The number of rotatable bonds is 7. The van der Waals surface area contributed by atoms with Gasteiger partial charge in [0, 0.05) is 0 Å². The fourth-order valence-corrected chi connectivity index (χ4v) is 2.11. The van der Waals surface area contributed by atoms with E-state index in [0.717, 1.165) is 6.42 Å². The van der Waals surface area contributed by atoms with Crippen LogP contribution in [-0.4, -0.2) is 23.6 Å². The van der Waals surface area contributed by atoms with Gasteiger partial charge in [-0.3, -0.25) is 4.79 Å². The molecule has 0 aromatic heterocycles. The number of benzene rings is 2. The molecular weight excluding hydrogens is 313 g/mol. The van der Waals surface area contributed by atoms with Crippen LogP contribution in [0.4, 0.5) is 10.1 Å². The van der Waals surface area contributed by atoms with Crippen LogP contribution in [0.5, 0.6) is 5.75 Å². The van der Waals surface area contributed by atoms with E-state index in [1.807, 2.05) is 6.92 Å². The van der Waals surface area contributed by atoms with Crippen LogP contribution in [0.3, 0.4) is 0 Å². The van der Waals surface area contributed by atoms with Crippen molar-refractivity contribution < 1.29 is 23.8 Å². The minimum Gasteiger partial charge on any atom is -0.491 e. The van der Waals surface area contributed by atoms with Crippen molar-refractivity contribution in [1.82, 2.24) is 0 Å². The second-order valence-electron chi connectivity index (χ2n) is 5.18. The lowest BCUT2D eigenvalue weighted by molar-refractivity contribution is -0.115. The summed E-state index contributed by atoms with van der Waals surface area (Å²) in [6.07, 6.45) is 0.612. The minimum absolute atomic E-state index is 0.0278. The van der Waals surface area contributed by atoms with Gasteiger partial charge in [-0.15, -0.1) is 0 Å². The highest BCUT2D eigenvalue weighted by Gasteiger charge is 2.14. The summed E-state index contributed by atoms with van der Waals surface area (Å²) < 4.78 is 19.1. The number of aromatic carboxylic acids is 1. The molecule has 5 nitrogen and oxygen atoms in total. The van der Waals surface area contributed by atoms with Gasteiger partial charge in [0.25, 0.3) is 0 Å². The standard InChI is InChI=1S/C18H18FNO4/c1-2-9-24-16-8-7-13(18(22)23)10-15(16)20-17(21)11-12-5-3-4-6-14(12)19/h3-8,10H,2,9,11H2,1H3,(H,20,21)(H,22,23). The van der Waals surface area contributed by atoms with E-state index in [4.69, 9.17) is 9.84 Å². The smallest absolute Gasteiger partial charge is 0.335 e. The van der Waals surface area contributed by atoms with Gasteiger partial charge in [0.15, 0.2) is 0 Å². The molecule has 24 heavy (non-hydrogen) atoms. The number of carboxylic acids is 1. The van der Waals surface area contributed by atoms with Crippen molar-refractivity contribution in [3.63, 3.8) is 0 Å². The van der Waals surface area contributed by atoms with Crippen molar-refractivity contribution in [1.29, 1.82) is 0 Å². The van der Waals surface area contributed by atoms with E-state index in [9.17, 15) is 14.0 Å². The number of nitrogens with one attached hydrogen (secondary N) is 1. The van der Waals surface area contributed by atoms with Crippen molar-refractivity contribution in [3.8, 4) is 5.75 Å². The molecule has 2 aromatic rings. The zero-order chi connectivity index (χ0) is 17.5. The molecule has 0 radical (unpaired) electrons. The Kier molecular flexibility index (Phi) is 5.89. The number of hydrogen-bond donors (Lipinski definition) is 2. The van der Waals surface area contributed by atoms with E-state index in [2.05, 4.69) is 5.32 Å². The molecule has 0 unspecified atom stereocenters. The number of carbonyl (C=O) groups excluding carboxylic acids is 1. The van der Waals surface area contributed by atoms with Crippen LogP contribution >= 0.6 is 0 Å². The highest BCUT2D eigenvalue weighted by molar-refractivity contribution is 5.96. The normalized spacial score (nSPS) is 10.2. The van der Waals surface area contributed by atoms with E-state index in [-0.39, 0.29) is 23.2 Å².